The van der Waals surface area contributed by atoms with Gasteiger partial charge in [-0.2, -0.15) is 0 Å². The number of aliphatic hydroxyl groups is 1. The predicted molar refractivity (Wildman–Crippen MR) is 281 cm³/mol. The number of pyridine rings is 1. The molecule has 7 rings (SSSR count). The Labute approximate surface area is 458 Å². The lowest BCUT2D eigenvalue weighted by molar-refractivity contribution is -0.172. The minimum absolute atomic E-state index is 0.0104. The highest BCUT2D eigenvalue weighted by atomic mass is 19.1. The highest BCUT2D eigenvalue weighted by Crippen LogP contribution is 2.34. The van der Waals surface area contributed by atoms with E-state index in [-0.39, 0.29) is 81.9 Å². The monoisotopic (exact) mass is 1110 g/mol. The van der Waals surface area contributed by atoms with Gasteiger partial charge in [0.25, 0.3) is 17.4 Å². The molecule has 24 nitrogen and oxygen atoms in total. The molecule has 1 aliphatic carbocycles. The standard InChI is InChI=1S/C55H65FN10O14/c1-3-55(79)37-25-33-27-60-40-26-38(56)31(2)34-11-12-39(35(50(34)40)18-23-65(33)53(77)36(37)30-80-54(55)78)63-44(68)10-7-19-57-21-22-59-51(75)41(24-32-8-5-4-6-9-32)64-46(70)29-62-45(69)28-61-43(67)17-20-58-52(76)42(13-16-49(73)74)66-47(71)14-15-48(66)72/h4-6,8-9,14-15,25-26,39,41-42,57,79H,3,7,10-13,16-24,27-30H2,1-2H3,(H,58,76)(H,59,75)(H,61,67)(H,62,69)(H,63,68)(H,64,70)(H,73,74)/t39?,41-,42-,55-/m0/s1. The van der Waals surface area contributed by atoms with Gasteiger partial charge in [0.2, 0.25) is 35.4 Å². The summed E-state index contributed by atoms with van der Waals surface area (Å²) in [5.41, 5.74) is 1.24. The third kappa shape index (κ3) is 14.4. The molecule has 3 aromatic rings. The number of imide groups is 1. The summed E-state index contributed by atoms with van der Waals surface area (Å²) in [5, 5.41) is 40.4. The zero-order valence-electron chi connectivity index (χ0n) is 44.4. The molecule has 4 aliphatic rings. The Bertz CT molecular complexity index is 3160. The molecule has 25 heteroatoms. The molecule has 9 N–H and O–H groups in total. The molecule has 8 amide bonds. The van der Waals surface area contributed by atoms with Gasteiger partial charge in [-0.25, -0.2) is 9.18 Å². The molecule has 0 saturated carbocycles. The maximum absolute atomic E-state index is 15.4. The van der Waals surface area contributed by atoms with E-state index >= 15 is 4.39 Å². The van der Waals surface area contributed by atoms with Gasteiger partial charge in [0.05, 0.1) is 36.6 Å². The maximum atomic E-state index is 15.4. The van der Waals surface area contributed by atoms with Crippen LogP contribution in [0.15, 0.2) is 64.4 Å². The van der Waals surface area contributed by atoms with Crippen molar-refractivity contribution >= 4 is 64.8 Å². The summed E-state index contributed by atoms with van der Waals surface area (Å²) >= 11 is 0. The summed E-state index contributed by atoms with van der Waals surface area (Å²) in [6.45, 7) is 2.78. The highest BCUT2D eigenvalue weighted by molar-refractivity contribution is 6.15. The molecule has 0 bridgehead atoms. The molecule has 426 valence electrons. The number of carboxylic acid groups (broad SMARTS) is 1. The number of hydrogen-bond donors (Lipinski definition) is 9. The number of aromatic nitrogens is 1. The third-order valence-electron chi connectivity index (χ3n) is 14.5. The number of fused-ring (bicyclic) bond motifs is 2. The van der Waals surface area contributed by atoms with Crippen LogP contribution >= 0.6 is 0 Å². The van der Waals surface area contributed by atoms with Crippen molar-refractivity contribution in [3.8, 4) is 0 Å². The Kier molecular flexibility index (Phi) is 19.9. The van der Waals surface area contributed by atoms with Gasteiger partial charge in [-0.3, -0.25) is 57.8 Å². The first-order valence-corrected chi connectivity index (χ1v) is 26.5. The fourth-order valence-electron chi connectivity index (χ4n) is 10.2. The molecular weight excluding hydrogens is 1040 g/mol. The van der Waals surface area contributed by atoms with Crippen molar-refractivity contribution in [3.05, 3.63) is 115 Å². The second-order valence-corrected chi connectivity index (χ2v) is 19.8. The number of nitrogens with one attached hydrogen (secondary N) is 7. The van der Waals surface area contributed by atoms with Crippen LogP contribution in [0, 0.1) is 12.7 Å². The van der Waals surface area contributed by atoms with Crippen molar-refractivity contribution in [2.75, 3.05) is 39.3 Å². The second-order valence-electron chi connectivity index (χ2n) is 19.8. The average Bonchev–Trinajstić information content (AvgIpc) is 3.90. The Morgan fingerprint density at radius 1 is 0.825 bits per heavy atom. The molecule has 0 radical (unpaired) electrons. The molecule has 4 heterocycles. The summed E-state index contributed by atoms with van der Waals surface area (Å²) < 4.78 is 22.2. The number of rotatable bonds is 25. The number of benzene rings is 2. The Hall–Kier alpha value is -8.45. The van der Waals surface area contributed by atoms with Crippen molar-refractivity contribution in [2.45, 2.75) is 121 Å². The van der Waals surface area contributed by atoms with Crippen LogP contribution in [-0.4, -0.2) is 136 Å². The molecular formula is C55H65FN10O14. The minimum atomic E-state index is -1.99. The van der Waals surface area contributed by atoms with E-state index in [1.165, 1.54) is 6.07 Å². The zero-order valence-corrected chi connectivity index (χ0v) is 44.4. The number of hydrogen-bond acceptors (Lipinski definition) is 15. The summed E-state index contributed by atoms with van der Waals surface area (Å²) in [6.07, 6.45) is 2.74. The van der Waals surface area contributed by atoms with Crippen LogP contribution < -0.4 is 53.4 Å². The number of carbonyl (C=O) groups is 10. The van der Waals surface area contributed by atoms with Crippen LogP contribution in [0.2, 0.25) is 0 Å². The number of esters is 1. The van der Waals surface area contributed by atoms with Crippen LogP contribution in [0.3, 0.4) is 0 Å². The number of halogens is 1. The molecule has 0 fully saturated rings. The van der Waals surface area contributed by atoms with E-state index in [0.717, 1.165) is 34.1 Å². The van der Waals surface area contributed by atoms with Gasteiger partial charge >= 0.3 is 11.9 Å². The minimum Gasteiger partial charge on any atom is -0.481 e. The predicted octanol–water partition coefficient (Wildman–Crippen LogP) is -2.13. The van der Waals surface area contributed by atoms with Gasteiger partial charge in [-0.05, 0) is 86.4 Å². The number of amides is 8. The first-order valence-electron chi connectivity index (χ1n) is 26.5. The summed E-state index contributed by atoms with van der Waals surface area (Å²) in [4.78, 5) is 145. The Morgan fingerprint density at radius 3 is 2.26 bits per heavy atom. The lowest BCUT2D eigenvalue weighted by Gasteiger charge is -2.32. The second kappa shape index (κ2) is 26.9. The van der Waals surface area contributed by atoms with Crippen LogP contribution in [-0.2, 0) is 90.8 Å². The number of carbonyl (C=O) groups excluding carboxylic acids is 9. The van der Waals surface area contributed by atoms with Crippen molar-refractivity contribution in [1.82, 2.24) is 46.7 Å². The number of nitrogens with zero attached hydrogens (tertiary/aromatic N) is 3. The molecule has 2 aromatic carbocycles. The van der Waals surface area contributed by atoms with Gasteiger partial charge in [-0.15, -0.1) is 0 Å². The Morgan fingerprint density at radius 2 is 1.54 bits per heavy atom. The lowest BCUT2D eigenvalue weighted by atomic mass is 9.84. The van der Waals surface area contributed by atoms with Crippen LogP contribution in [0.4, 0.5) is 4.39 Å². The smallest absolute Gasteiger partial charge is 0.343 e. The normalized spacial score (nSPS) is 17.9. The molecule has 1 unspecified atom stereocenters. The molecule has 4 atom stereocenters. The molecule has 80 heavy (non-hydrogen) atoms. The summed E-state index contributed by atoms with van der Waals surface area (Å²) in [5.74, 6) is -7.72. The largest absolute Gasteiger partial charge is 0.481 e. The first-order chi connectivity index (χ1) is 38.3. The van der Waals surface area contributed by atoms with E-state index in [1.54, 1.807) is 54.8 Å². The van der Waals surface area contributed by atoms with Crippen molar-refractivity contribution in [3.63, 3.8) is 0 Å². The first kappa shape index (κ1) is 59.2. The quantitative estimate of drug-likeness (QED) is 0.0249. The fourth-order valence-corrected chi connectivity index (χ4v) is 10.2. The highest BCUT2D eigenvalue weighted by Gasteiger charge is 2.45. The van der Waals surface area contributed by atoms with Gasteiger partial charge in [0.15, 0.2) is 5.60 Å². The molecule has 1 aromatic heterocycles. The molecule has 0 spiro atoms. The van der Waals surface area contributed by atoms with Crippen LogP contribution in [0.1, 0.15) is 91.8 Å². The van der Waals surface area contributed by atoms with Crippen molar-refractivity contribution in [1.29, 1.82) is 0 Å². The van der Waals surface area contributed by atoms with Gasteiger partial charge in [0.1, 0.15) is 24.5 Å². The topological polar surface area (TPSA) is 342 Å². The van der Waals surface area contributed by atoms with Gasteiger partial charge in [-0.1, -0.05) is 37.3 Å². The van der Waals surface area contributed by atoms with E-state index in [4.69, 9.17) is 14.8 Å². The maximum Gasteiger partial charge on any atom is 0.343 e. The van der Waals surface area contributed by atoms with E-state index in [1.807, 2.05) is 0 Å². The average molecular weight is 1110 g/mol. The number of cyclic esters (lactones) is 1. The molecule has 0 saturated heterocycles. The summed E-state index contributed by atoms with van der Waals surface area (Å²) in [6, 6.07) is 9.03. The number of carboxylic acids is 1. The molecule has 3 aliphatic heterocycles. The number of aliphatic carboxylic acids is 1. The van der Waals surface area contributed by atoms with Crippen molar-refractivity contribution < 1.29 is 67.3 Å². The van der Waals surface area contributed by atoms with E-state index in [9.17, 15) is 57.8 Å². The van der Waals surface area contributed by atoms with Crippen LogP contribution in [0.5, 0.6) is 0 Å². The van der Waals surface area contributed by atoms with E-state index in [2.05, 4.69) is 37.2 Å². The van der Waals surface area contributed by atoms with Crippen molar-refractivity contribution in [2.24, 2.45) is 4.99 Å². The van der Waals surface area contributed by atoms with E-state index in [0.29, 0.717) is 60.3 Å². The SMILES string of the molecule is CC[C@@]1(O)C(=O)OCc2c1cc1n(c2=O)CCC2=c3c(c(C)c(F)cc3=NC1)CCC2NC(=O)CCCNCCNC(=O)[C@H](Cc1ccccc1)NC(=O)CNC(=O)CNC(=O)CCNC(=O)[C@H](CCC(=O)O)N1C(=O)C=CC1=O. The van der Waals surface area contributed by atoms with Crippen LogP contribution in [0.25, 0.3) is 5.57 Å². The Balaban J connectivity index is 0.845. The number of ether oxygens (including phenoxy) is 1. The van der Waals surface area contributed by atoms with Gasteiger partial charge < -0.3 is 56.7 Å². The lowest BCUT2D eigenvalue weighted by Crippen LogP contribution is -2.52. The van der Waals surface area contributed by atoms with Gasteiger partial charge in [0, 0.05) is 80.5 Å². The fraction of sp³-hybridized carbons (Fsp3) is 0.455. The summed E-state index contributed by atoms with van der Waals surface area (Å²) in [7, 11) is 0. The third-order valence-corrected chi connectivity index (χ3v) is 14.5. The zero-order chi connectivity index (χ0) is 57.7. The van der Waals surface area contributed by atoms with E-state index < -0.39 is 108 Å².